The van der Waals surface area contributed by atoms with E-state index in [0.29, 0.717) is 16.3 Å². The molecule has 0 N–H and O–H groups in total. The summed E-state index contributed by atoms with van der Waals surface area (Å²) < 4.78 is 13.2. The summed E-state index contributed by atoms with van der Waals surface area (Å²) in [4.78, 5) is 8.72. The Morgan fingerprint density at radius 3 is 2.72 bits per heavy atom. The third-order valence-electron chi connectivity index (χ3n) is 2.62. The largest absolute Gasteiger partial charge is 0.252 e. The Morgan fingerprint density at radius 1 is 1.00 bits per heavy atom. The van der Waals surface area contributed by atoms with Gasteiger partial charge in [-0.25, -0.2) is 9.37 Å². The third kappa shape index (κ3) is 2.05. The molecule has 18 heavy (non-hydrogen) atoms. The van der Waals surface area contributed by atoms with E-state index in [0.717, 1.165) is 11.0 Å². The number of nitrogens with zero attached hydrogens (tertiary/aromatic N) is 2. The minimum Gasteiger partial charge on any atom is -0.252 e. The maximum atomic E-state index is 13.2. The van der Waals surface area contributed by atoms with Gasteiger partial charge < -0.3 is 0 Å². The Morgan fingerprint density at radius 2 is 1.89 bits per heavy atom. The topological polar surface area (TPSA) is 25.8 Å². The van der Waals surface area contributed by atoms with E-state index >= 15 is 0 Å². The van der Waals surface area contributed by atoms with Crippen LogP contribution in [0.2, 0.25) is 5.02 Å². The van der Waals surface area contributed by atoms with Crippen LogP contribution in [0.15, 0.2) is 48.7 Å². The van der Waals surface area contributed by atoms with Gasteiger partial charge in [0, 0.05) is 10.6 Å². The van der Waals surface area contributed by atoms with E-state index in [1.807, 2.05) is 0 Å². The zero-order valence-corrected chi connectivity index (χ0v) is 10.0. The molecule has 0 radical (unpaired) electrons. The van der Waals surface area contributed by atoms with Crippen LogP contribution in [0.25, 0.3) is 22.3 Å². The van der Waals surface area contributed by atoms with Crippen molar-refractivity contribution in [1.29, 1.82) is 0 Å². The molecule has 2 aromatic carbocycles. The molecule has 1 heterocycles. The Kier molecular flexibility index (Phi) is 2.68. The van der Waals surface area contributed by atoms with Gasteiger partial charge in [-0.3, -0.25) is 4.98 Å². The van der Waals surface area contributed by atoms with Gasteiger partial charge in [0.05, 0.1) is 22.9 Å². The normalized spacial score (nSPS) is 10.8. The second-order valence-electron chi connectivity index (χ2n) is 3.90. The van der Waals surface area contributed by atoms with Gasteiger partial charge in [-0.1, -0.05) is 23.7 Å². The monoisotopic (exact) mass is 258 g/mol. The van der Waals surface area contributed by atoms with Crippen LogP contribution in [0.1, 0.15) is 0 Å². The number of halogens is 2. The SMILES string of the molecule is Fc1cccc(-c2cnc3cc(Cl)ccc3n2)c1. The molecular weight excluding hydrogens is 251 g/mol. The second-order valence-corrected chi connectivity index (χ2v) is 4.34. The lowest BCUT2D eigenvalue weighted by atomic mass is 10.1. The van der Waals surface area contributed by atoms with Crippen LogP contribution in [0, 0.1) is 5.82 Å². The van der Waals surface area contributed by atoms with E-state index < -0.39 is 0 Å². The highest BCUT2D eigenvalue weighted by Crippen LogP contribution is 2.21. The smallest absolute Gasteiger partial charge is 0.123 e. The highest BCUT2D eigenvalue weighted by molar-refractivity contribution is 6.31. The predicted octanol–water partition coefficient (Wildman–Crippen LogP) is 4.09. The summed E-state index contributed by atoms with van der Waals surface area (Å²) >= 11 is 5.88. The summed E-state index contributed by atoms with van der Waals surface area (Å²) in [5.41, 5.74) is 2.81. The molecule has 0 saturated carbocycles. The van der Waals surface area contributed by atoms with Gasteiger partial charge in [0.25, 0.3) is 0 Å². The van der Waals surface area contributed by atoms with Gasteiger partial charge in [-0.05, 0) is 30.3 Å². The Balaban J connectivity index is 2.16. The average Bonchev–Trinajstić information content (AvgIpc) is 2.38. The highest BCUT2D eigenvalue weighted by Gasteiger charge is 2.04. The van der Waals surface area contributed by atoms with Crippen molar-refractivity contribution < 1.29 is 4.39 Å². The molecule has 0 unspecified atom stereocenters. The minimum atomic E-state index is -0.287. The first-order valence-corrected chi connectivity index (χ1v) is 5.78. The second kappa shape index (κ2) is 4.35. The quantitative estimate of drug-likeness (QED) is 0.657. The Labute approximate surface area is 108 Å². The van der Waals surface area contributed by atoms with Crippen LogP contribution >= 0.6 is 11.6 Å². The van der Waals surface area contributed by atoms with Crippen molar-refractivity contribution in [3.8, 4) is 11.3 Å². The molecule has 0 aliphatic rings. The standard InChI is InChI=1S/C14H8ClFN2/c15-10-4-5-12-13(7-10)17-8-14(18-12)9-2-1-3-11(16)6-9/h1-8H. The van der Waals surface area contributed by atoms with Gasteiger partial charge in [0.1, 0.15) is 5.82 Å². The molecule has 0 spiro atoms. The fourth-order valence-corrected chi connectivity index (χ4v) is 1.94. The summed E-state index contributed by atoms with van der Waals surface area (Å²) in [6, 6.07) is 11.6. The molecule has 88 valence electrons. The molecule has 0 aliphatic heterocycles. The first-order chi connectivity index (χ1) is 8.72. The number of hydrogen-bond acceptors (Lipinski definition) is 2. The minimum absolute atomic E-state index is 0.287. The molecule has 0 atom stereocenters. The van der Waals surface area contributed by atoms with Gasteiger partial charge in [-0.15, -0.1) is 0 Å². The molecule has 0 amide bonds. The van der Waals surface area contributed by atoms with Crippen molar-refractivity contribution in [2.75, 3.05) is 0 Å². The van der Waals surface area contributed by atoms with Crippen molar-refractivity contribution in [2.24, 2.45) is 0 Å². The number of aromatic nitrogens is 2. The van der Waals surface area contributed by atoms with Crippen molar-refractivity contribution in [3.63, 3.8) is 0 Å². The maximum absolute atomic E-state index is 13.2. The van der Waals surface area contributed by atoms with Crippen molar-refractivity contribution in [2.45, 2.75) is 0 Å². The number of fused-ring (bicyclic) bond motifs is 1. The van der Waals surface area contributed by atoms with Crippen LogP contribution in [0.3, 0.4) is 0 Å². The Hall–Kier alpha value is -2.00. The van der Waals surface area contributed by atoms with E-state index in [-0.39, 0.29) is 5.82 Å². The summed E-state index contributed by atoms with van der Waals surface area (Å²) in [5, 5.41) is 0.621. The molecule has 1 aromatic heterocycles. The van der Waals surface area contributed by atoms with Crippen LogP contribution < -0.4 is 0 Å². The number of rotatable bonds is 1. The average molecular weight is 259 g/mol. The van der Waals surface area contributed by atoms with Gasteiger partial charge >= 0.3 is 0 Å². The van der Waals surface area contributed by atoms with E-state index in [2.05, 4.69) is 9.97 Å². The van der Waals surface area contributed by atoms with E-state index in [1.165, 1.54) is 12.1 Å². The predicted molar refractivity (Wildman–Crippen MR) is 69.9 cm³/mol. The maximum Gasteiger partial charge on any atom is 0.123 e. The molecule has 0 saturated heterocycles. The molecule has 3 rings (SSSR count). The van der Waals surface area contributed by atoms with Crippen LogP contribution in [0.5, 0.6) is 0 Å². The van der Waals surface area contributed by atoms with Crippen LogP contribution in [-0.4, -0.2) is 9.97 Å². The zero-order chi connectivity index (χ0) is 12.5. The fourth-order valence-electron chi connectivity index (χ4n) is 1.77. The Bertz CT molecular complexity index is 728. The lowest BCUT2D eigenvalue weighted by molar-refractivity contribution is 0.628. The van der Waals surface area contributed by atoms with Crippen molar-refractivity contribution >= 4 is 22.6 Å². The van der Waals surface area contributed by atoms with E-state index in [9.17, 15) is 4.39 Å². The molecular formula is C14H8ClFN2. The third-order valence-corrected chi connectivity index (χ3v) is 2.86. The van der Waals surface area contributed by atoms with Crippen molar-refractivity contribution in [1.82, 2.24) is 9.97 Å². The molecule has 3 aromatic rings. The van der Waals surface area contributed by atoms with Gasteiger partial charge in [0.2, 0.25) is 0 Å². The van der Waals surface area contributed by atoms with Gasteiger partial charge in [0.15, 0.2) is 0 Å². The van der Waals surface area contributed by atoms with Crippen LogP contribution in [-0.2, 0) is 0 Å². The van der Waals surface area contributed by atoms with Crippen LogP contribution in [0.4, 0.5) is 4.39 Å². The zero-order valence-electron chi connectivity index (χ0n) is 9.27. The molecule has 2 nitrogen and oxygen atoms in total. The molecule has 4 heteroatoms. The number of benzene rings is 2. The lowest BCUT2D eigenvalue weighted by Crippen LogP contribution is -1.89. The number of hydrogen-bond donors (Lipinski definition) is 0. The van der Waals surface area contributed by atoms with E-state index in [1.54, 1.807) is 36.5 Å². The first-order valence-electron chi connectivity index (χ1n) is 5.41. The summed E-state index contributed by atoms with van der Waals surface area (Å²) in [6.07, 6.45) is 1.62. The molecule has 0 aliphatic carbocycles. The van der Waals surface area contributed by atoms with Gasteiger partial charge in [-0.2, -0.15) is 0 Å². The van der Waals surface area contributed by atoms with Crippen molar-refractivity contribution in [3.05, 3.63) is 59.5 Å². The fraction of sp³-hybridized carbons (Fsp3) is 0. The highest BCUT2D eigenvalue weighted by atomic mass is 35.5. The first kappa shape index (κ1) is 11.1. The summed E-state index contributed by atoms with van der Waals surface area (Å²) in [7, 11) is 0. The lowest BCUT2D eigenvalue weighted by Gasteiger charge is -2.03. The van der Waals surface area contributed by atoms with E-state index in [4.69, 9.17) is 11.6 Å². The summed E-state index contributed by atoms with van der Waals surface area (Å²) in [5.74, 6) is -0.287. The summed E-state index contributed by atoms with van der Waals surface area (Å²) in [6.45, 7) is 0. The molecule has 0 bridgehead atoms. The molecule has 0 fully saturated rings.